The summed E-state index contributed by atoms with van der Waals surface area (Å²) in [6.07, 6.45) is 8.14. The Labute approximate surface area is 144 Å². The van der Waals surface area contributed by atoms with E-state index in [1.54, 1.807) is 18.2 Å². The van der Waals surface area contributed by atoms with Gasteiger partial charge in [-0.05, 0) is 36.6 Å². The zero-order chi connectivity index (χ0) is 16.8. The van der Waals surface area contributed by atoms with E-state index in [1.165, 1.54) is 36.7 Å². The van der Waals surface area contributed by atoms with Gasteiger partial charge < -0.3 is 5.32 Å². The maximum atomic E-state index is 12.8. The molecule has 1 aliphatic rings. The summed E-state index contributed by atoms with van der Waals surface area (Å²) in [6, 6.07) is 6.52. The summed E-state index contributed by atoms with van der Waals surface area (Å²) in [7, 11) is 0. The van der Waals surface area contributed by atoms with Crippen molar-refractivity contribution in [1.82, 2.24) is 20.5 Å². The molecule has 0 bridgehead atoms. The smallest absolute Gasteiger partial charge is 0.230 e. The number of hydrogen-bond acceptors (Lipinski definition) is 4. The van der Waals surface area contributed by atoms with Crippen molar-refractivity contribution < 1.29 is 9.18 Å². The van der Waals surface area contributed by atoms with E-state index in [4.69, 9.17) is 0 Å². The first kappa shape index (κ1) is 16.7. The molecule has 126 valence electrons. The van der Waals surface area contributed by atoms with E-state index in [2.05, 4.69) is 20.5 Å². The van der Waals surface area contributed by atoms with Crippen molar-refractivity contribution in [3.8, 4) is 0 Å². The third-order valence-corrected chi connectivity index (χ3v) is 4.69. The lowest BCUT2D eigenvalue weighted by Gasteiger charge is -2.10. The van der Waals surface area contributed by atoms with E-state index in [9.17, 15) is 9.18 Å². The van der Waals surface area contributed by atoms with E-state index >= 15 is 0 Å². The average Bonchev–Trinajstić information content (AvgIpc) is 3.24. The second-order valence-electron chi connectivity index (χ2n) is 5.73. The van der Waals surface area contributed by atoms with Gasteiger partial charge in [0.2, 0.25) is 11.1 Å². The van der Waals surface area contributed by atoms with Crippen LogP contribution in [0.1, 0.15) is 37.1 Å². The Morgan fingerprint density at radius 2 is 2.04 bits per heavy atom. The topological polar surface area (TPSA) is 70.7 Å². The molecular weight excluding hydrogens is 327 g/mol. The van der Waals surface area contributed by atoms with E-state index in [-0.39, 0.29) is 11.7 Å². The Morgan fingerprint density at radius 3 is 2.79 bits per heavy atom. The molecular formula is C17H19FN4OS. The van der Waals surface area contributed by atoms with Gasteiger partial charge in [0, 0.05) is 6.04 Å². The highest BCUT2D eigenvalue weighted by Crippen LogP contribution is 2.18. The summed E-state index contributed by atoms with van der Waals surface area (Å²) in [5, 5.41) is 10.5. The molecule has 7 heteroatoms. The van der Waals surface area contributed by atoms with Crippen LogP contribution < -0.4 is 5.32 Å². The van der Waals surface area contributed by atoms with Crippen LogP contribution in [0.4, 0.5) is 4.39 Å². The molecule has 3 rings (SSSR count). The van der Waals surface area contributed by atoms with E-state index in [1.807, 2.05) is 6.08 Å². The number of aromatic amines is 1. The summed E-state index contributed by atoms with van der Waals surface area (Å²) in [5.41, 5.74) is 0.873. The number of H-pyrrole nitrogens is 1. The number of hydrogen-bond donors (Lipinski definition) is 2. The maximum absolute atomic E-state index is 12.8. The monoisotopic (exact) mass is 346 g/mol. The predicted octanol–water partition coefficient (Wildman–Crippen LogP) is 3.27. The molecule has 0 spiro atoms. The average molecular weight is 346 g/mol. The summed E-state index contributed by atoms with van der Waals surface area (Å²) in [6.45, 7) is 0. The molecule has 1 aliphatic carbocycles. The third kappa shape index (κ3) is 4.92. The van der Waals surface area contributed by atoms with Crippen LogP contribution in [0.25, 0.3) is 12.2 Å². The number of nitrogens with zero attached hydrogens (tertiary/aromatic N) is 2. The summed E-state index contributed by atoms with van der Waals surface area (Å²) >= 11 is 1.31. The summed E-state index contributed by atoms with van der Waals surface area (Å²) < 4.78 is 12.8. The van der Waals surface area contributed by atoms with E-state index < -0.39 is 0 Å². The minimum Gasteiger partial charge on any atom is -0.353 e. The van der Waals surface area contributed by atoms with Crippen LogP contribution in [0, 0.1) is 5.82 Å². The molecule has 0 atom stereocenters. The molecule has 24 heavy (non-hydrogen) atoms. The standard InChI is InChI=1S/C17H19FN4OS/c18-13-8-5-12(6-9-13)7-10-15-20-17(22-21-15)24-11-16(23)19-14-3-1-2-4-14/h5-10,14H,1-4,11H2,(H,19,23)(H,20,21,22). The largest absolute Gasteiger partial charge is 0.353 e. The molecule has 0 saturated heterocycles. The van der Waals surface area contributed by atoms with Gasteiger partial charge in [-0.15, -0.1) is 5.10 Å². The van der Waals surface area contributed by atoms with Crippen LogP contribution >= 0.6 is 11.8 Å². The first-order chi connectivity index (χ1) is 11.7. The van der Waals surface area contributed by atoms with Crippen LogP contribution in [0.15, 0.2) is 29.4 Å². The van der Waals surface area contributed by atoms with Gasteiger partial charge in [-0.2, -0.15) is 0 Å². The minimum absolute atomic E-state index is 0.0279. The zero-order valence-corrected chi connectivity index (χ0v) is 14.0. The number of rotatable bonds is 6. The first-order valence-corrected chi connectivity index (χ1v) is 8.96. The Morgan fingerprint density at radius 1 is 1.29 bits per heavy atom. The van der Waals surface area contributed by atoms with Crippen LogP contribution in [-0.4, -0.2) is 32.9 Å². The predicted molar refractivity (Wildman–Crippen MR) is 92.8 cm³/mol. The molecule has 0 radical (unpaired) electrons. The Bertz CT molecular complexity index is 708. The summed E-state index contributed by atoms with van der Waals surface area (Å²) in [5.74, 6) is 0.676. The van der Waals surface area contributed by atoms with Crippen molar-refractivity contribution >= 4 is 29.8 Å². The minimum atomic E-state index is -0.263. The Balaban J connectivity index is 1.48. The molecule has 5 nitrogen and oxygen atoms in total. The fourth-order valence-electron chi connectivity index (χ4n) is 2.62. The van der Waals surface area contributed by atoms with Gasteiger partial charge in [-0.1, -0.05) is 42.8 Å². The van der Waals surface area contributed by atoms with Crippen molar-refractivity contribution in [3.05, 3.63) is 41.5 Å². The van der Waals surface area contributed by atoms with Crippen LogP contribution in [0.2, 0.25) is 0 Å². The highest BCUT2D eigenvalue weighted by atomic mass is 32.2. The normalized spacial score (nSPS) is 15.2. The second-order valence-corrected chi connectivity index (χ2v) is 6.67. The van der Waals surface area contributed by atoms with Crippen LogP contribution in [0.3, 0.4) is 0 Å². The van der Waals surface area contributed by atoms with Gasteiger partial charge in [0.15, 0.2) is 0 Å². The number of aromatic nitrogens is 3. The van der Waals surface area contributed by atoms with Crippen molar-refractivity contribution in [1.29, 1.82) is 0 Å². The fraction of sp³-hybridized carbons (Fsp3) is 0.353. The molecule has 1 heterocycles. The second kappa shape index (κ2) is 8.10. The quantitative estimate of drug-likeness (QED) is 0.788. The van der Waals surface area contributed by atoms with Crippen molar-refractivity contribution in [2.24, 2.45) is 0 Å². The lowest BCUT2D eigenvalue weighted by atomic mass is 10.2. The number of carbonyl (C=O) groups excluding carboxylic acids is 1. The lowest BCUT2D eigenvalue weighted by Crippen LogP contribution is -2.33. The highest BCUT2D eigenvalue weighted by molar-refractivity contribution is 7.99. The molecule has 0 aliphatic heterocycles. The number of thioether (sulfide) groups is 1. The number of nitrogens with one attached hydrogen (secondary N) is 2. The fourth-order valence-corrected chi connectivity index (χ4v) is 3.23. The number of halogens is 1. The zero-order valence-electron chi connectivity index (χ0n) is 13.2. The summed E-state index contributed by atoms with van der Waals surface area (Å²) in [4.78, 5) is 16.2. The van der Waals surface area contributed by atoms with Crippen molar-refractivity contribution in [3.63, 3.8) is 0 Å². The Hall–Kier alpha value is -2.15. The molecule has 1 fully saturated rings. The Kier molecular flexibility index (Phi) is 5.63. The van der Waals surface area contributed by atoms with Crippen molar-refractivity contribution in [2.45, 2.75) is 36.9 Å². The maximum Gasteiger partial charge on any atom is 0.230 e. The van der Waals surface area contributed by atoms with E-state index in [0.29, 0.717) is 22.8 Å². The molecule has 1 saturated carbocycles. The number of amides is 1. The van der Waals surface area contributed by atoms with Gasteiger partial charge in [-0.3, -0.25) is 9.89 Å². The molecule has 0 unspecified atom stereocenters. The van der Waals surface area contributed by atoms with E-state index in [0.717, 1.165) is 18.4 Å². The number of carbonyl (C=O) groups is 1. The van der Waals surface area contributed by atoms with Gasteiger partial charge in [-0.25, -0.2) is 9.37 Å². The van der Waals surface area contributed by atoms with Crippen LogP contribution in [-0.2, 0) is 4.79 Å². The molecule has 1 amide bonds. The highest BCUT2D eigenvalue weighted by Gasteiger charge is 2.17. The SMILES string of the molecule is O=C(CSc1n[nH]c(C=Cc2ccc(F)cc2)n1)NC1CCCC1. The molecule has 2 aromatic rings. The third-order valence-electron chi connectivity index (χ3n) is 3.84. The molecule has 1 aromatic carbocycles. The van der Waals surface area contributed by atoms with Crippen LogP contribution in [0.5, 0.6) is 0 Å². The first-order valence-electron chi connectivity index (χ1n) is 7.97. The van der Waals surface area contributed by atoms with Gasteiger partial charge in [0.05, 0.1) is 5.75 Å². The molecule has 1 aromatic heterocycles. The molecule has 2 N–H and O–H groups in total. The van der Waals surface area contributed by atoms with Gasteiger partial charge in [0.25, 0.3) is 0 Å². The lowest BCUT2D eigenvalue weighted by molar-refractivity contribution is -0.119. The van der Waals surface area contributed by atoms with Gasteiger partial charge in [0.1, 0.15) is 11.6 Å². The van der Waals surface area contributed by atoms with Crippen molar-refractivity contribution in [2.75, 3.05) is 5.75 Å². The number of benzene rings is 1. The van der Waals surface area contributed by atoms with Gasteiger partial charge >= 0.3 is 0 Å².